The van der Waals surface area contributed by atoms with Crippen LogP contribution in [0.5, 0.6) is 0 Å². The van der Waals surface area contributed by atoms with E-state index >= 15 is 0 Å². The Labute approximate surface area is 103 Å². The Hall–Kier alpha value is -1.13. The third-order valence-corrected chi connectivity index (χ3v) is 3.42. The third kappa shape index (κ3) is 3.68. The number of rotatable bonds is 4. The Morgan fingerprint density at radius 2 is 2.12 bits per heavy atom. The van der Waals surface area contributed by atoms with Crippen LogP contribution in [-0.4, -0.2) is 11.1 Å². The molecule has 17 heavy (non-hydrogen) atoms. The largest absolute Gasteiger partial charge is 0.373 e. The smallest absolute Gasteiger partial charge is 0.139 e. The number of nitrogens with one attached hydrogen (secondary N) is 1. The molecule has 0 spiro atoms. The van der Waals surface area contributed by atoms with E-state index in [9.17, 15) is 0 Å². The van der Waals surface area contributed by atoms with Crippen LogP contribution in [0.15, 0.2) is 18.3 Å². The summed E-state index contributed by atoms with van der Waals surface area (Å²) >= 11 is 0. The highest BCUT2D eigenvalue weighted by atomic mass is 16.5. The molecule has 1 fully saturated rings. The fourth-order valence-corrected chi connectivity index (χ4v) is 2.21. The number of nitrogens with zero attached hydrogens (tertiary/aromatic N) is 1. The van der Waals surface area contributed by atoms with Crippen LogP contribution in [0, 0.1) is 5.92 Å². The normalized spacial score (nSPS) is 24.6. The predicted octanol–water partition coefficient (Wildman–Crippen LogP) is 2.46. The maximum absolute atomic E-state index is 5.90. The van der Waals surface area contributed by atoms with Gasteiger partial charge >= 0.3 is 0 Å². The number of nitrogen functional groups attached to an aromatic ring is 1. The summed E-state index contributed by atoms with van der Waals surface area (Å²) in [5.74, 6) is 6.81. The van der Waals surface area contributed by atoms with E-state index in [0.29, 0.717) is 18.5 Å². The van der Waals surface area contributed by atoms with Crippen molar-refractivity contribution in [3.63, 3.8) is 0 Å². The number of anilines is 1. The van der Waals surface area contributed by atoms with E-state index < -0.39 is 0 Å². The molecule has 1 aromatic heterocycles. The lowest BCUT2D eigenvalue weighted by Crippen LogP contribution is -2.20. The van der Waals surface area contributed by atoms with Crippen molar-refractivity contribution in [2.45, 2.75) is 45.3 Å². The number of pyridine rings is 1. The molecular weight excluding hydrogens is 214 g/mol. The number of hydrogen-bond acceptors (Lipinski definition) is 4. The molecule has 4 heteroatoms. The quantitative estimate of drug-likeness (QED) is 0.621. The van der Waals surface area contributed by atoms with Crippen LogP contribution in [0.4, 0.5) is 5.82 Å². The topological polar surface area (TPSA) is 60.2 Å². The van der Waals surface area contributed by atoms with Crippen molar-refractivity contribution >= 4 is 5.82 Å². The SMILES string of the molecule is CC1CCC(OCc2ccc(NN)nc2)CC1. The molecule has 1 aliphatic carbocycles. The van der Waals surface area contributed by atoms with Gasteiger partial charge in [-0.15, -0.1) is 0 Å². The average Bonchev–Trinajstić information content (AvgIpc) is 2.39. The van der Waals surface area contributed by atoms with Crippen LogP contribution in [0.3, 0.4) is 0 Å². The van der Waals surface area contributed by atoms with Gasteiger partial charge in [0, 0.05) is 6.20 Å². The number of nitrogens with two attached hydrogens (primary N) is 1. The van der Waals surface area contributed by atoms with Gasteiger partial charge in [-0.3, -0.25) is 0 Å². The molecule has 3 N–H and O–H groups in total. The van der Waals surface area contributed by atoms with Gasteiger partial charge in [-0.1, -0.05) is 13.0 Å². The second-order valence-corrected chi connectivity index (χ2v) is 4.89. The highest BCUT2D eigenvalue weighted by Gasteiger charge is 2.18. The molecule has 4 nitrogen and oxygen atoms in total. The first kappa shape index (κ1) is 12.3. The van der Waals surface area contributed by atoms with E-state index in [1.165, 1.54) is 25.7 Å². The summed E-state index contributed by atoms with van der Waals surface area (Å²) in [6.45, 7) is 2.97. The van der Waals surface area contributed by atoms with E-state index in [0.717, 1.165) is 11.5 Å². The Bertz CT molecular complexity index is 331. The number of ether oxygens (including phenoxy) is 1. The van der Waals surface area contributed by atoms with Crippen molar-refractivity contribution in [1.29, 1.82) is 0 Å². The molecular formula is C13H21N3O. The van der Waals surface area contributed by atoms with Crippen molar-refractivity contribution in [2.24, 2.45) is 11.8 Å². The summed E-state index contributed by atoms with van der Waals surface area (Å²) in [5.41, 5.74) is 3.61. The van der Waals surface area contributed by atoms with E-state index in [2.05, 4.69) is 17.3 Å². The minimum absolute atomic E-state index is 0.429. The molecule has 0 amide bonds. The fraction of sp³-hybridized carbons (Fsp3) is 0.615. The lowest BCUT2D eigenvalue weighted by atomic mass is 9.89. The van der Waals surface area contributed by atoms with Gasteiger partial charge in [0.05, 0.1) is 12.7 Å². The van der Waals surface area contributed by atoms with Crippen LogP contribution in [0.2, 0.25) is 0 Å². The molecule has 0 aliphatic heterocycles. The third-order valence-electron chi connectivity index (χ3n) is 3.42. The zero-order chi connectivity index (χ0) is 12.1. The molecule has 0 radical (unpaired) electrons. The van der Waals surface area contributed by atoms with Gasteiger partial charge in [0.15, 0.2) is 0 Å². The Kier molecular flexibility index (Phi) is 4.34. The average molecular weight is 235 g/mol. The van der Waals surface area contributed by atoms with Gasteiger partial charge in [0.1, 0.15) is 5.82 Å². The molecule has 0 atom stereocenters. The van der Waals surface area contributed by atoms with Crippen LogP contribution in [-0.2, 0) is 11.3 Å². The van der Waals surface area contributed by atoms with E-state index in [4.69, 9.17) is 10.6 Å². The number of hydrogen-bond donors (Lipinski definition) is 2. The maximum Gasteiger partial charge on any atom is 0.139 e. The molecule has 0 aromatic carbocycles. The van der Waals surface area contributed by atoms with Gasteiger partial charge in [-0.05, 0) is 43.2 Å². The Morgan fingerprint density at radius 3 is 2.71 bits per heavy atom. The van der Waals surface area contributed by atoms with Gasteiger partial charge in [0.25, 0.3) is 0 Å². The highest BCUT2D eigenvalue weighted by molar-refractivity contribution is 5.33. The van der Waals surface area contributed by atoms with Gasteiger partial charge < -0.3 is 10.2 Å². The predicted molar refractivity (Wildman–Crippen MR) is 68.3 cm³/mol. The minimum atomic E-state index is 0.429. The van der Waals surface area contributed by atoms with Crippen molar-refractivity contribution in [1.82, 2.24) is 4.98 Å². The lowest BCUT2D eigenvalue weighted by Gasteiger charge is -2.26. The summed E-state index contributed by atoms with van der Waals surface area (Å²) in [7, 11) is 0. The van der Waals surface area contributed by atoms with Crippen LogP contribution >= 0.6 is 0 Å². The van der Waals surface area contributed by atoms with Crippen molar-refractivity contribution in [3.8, 4) is 0 Å². The van der Waals surface area contributed by atoms with E-state index in [1.807, 2.05) is 12.1 Å². The molecule has 1 heterocycles. The first-order chi connectivity index (χ1) is 8.28. The Morgan fingerprint density at radius 1 is 1.35 bits per heavy atom. The molecule has 1 aliphatic rings. The summed E-state index contributed by atoms with van der Waals surface area (Å²) in [6, 6.07) is 3.86. The standard InChI is InChI=1S/C13H21N3O/c1-10-2-5-12(6-3-10)17-9-11-4-7-13(16-14)15-8-11/h4,7-8,10,12H,2-3,5-6,9,14H2,1H3,(H,15,16). The second kappa shape index (κ2) is 5.98. The molecule has 1 saturated carbocycles. The summed E-state index contributed by atoms with van der Waals surface area (Å²) in [4.78, 5) is 4.16. The van der Waals surface area contributed by atoms with Crippen LogP contribution in [0.1, 0.15) is 38.2 Å². The zero-order valence-corrected chi connectivity index (χ0v) is 10.4. The lowest BCUT2D eigenvalue weighted by molar-refractivity contribution is 0.00867. The molecule has 1 aromatic rings. The maximum atomic E-state index is 5.90. The van der Waals surface area contributed by atoms with Crippen LogP contribution in [0.25, 0.3) is 0 Å². The molecule has 0 unspecified atom stereocenters. The van der Waals surface area contributed by atoms with Gasteiger partial charge in [0.2, 0.25) is 0 Å². The van der Waals surface area contributed by atoms with Gasteiger partial charge in [-0.25, -0.2) is 10.8 Å². The van der Waals surface area contributed by atoms with E-state index in [-0.39, 0.29) is 0 Å². The van der Waals surface area contributed by atoms with Gasteiger partial charge in [-0.2, -0.15) is 0 Å². The fourth-order valence-electron chi connectivity index (χ4n) is 2.21. The van der Waals surface area contributed by atoms with Crippen molar-refractivity contribution in [2.75, 3.05) is 5.43 Å². The van der Waals surface area contributed by atoms with Crippen LogP contribution < -0.4 is 11.3 Å². The molecule has 0 bridgehead atoms. The first-order valence-corrected chi connectivity index (χ1v) is 6.31. The first-order valence-electron chi connectivity index (χ1n) is 6.31. The van der Waals surface area contributed by atoms with Crippen molar-refractivity contribution < 1.29 is 4.74 Å². The zero-order valence-electron chi connectivity index (χ0n) is 10.4. The Balaban J connectivity index is 1.77. The highest BCUT2D eigenvalue weighted by Crippen LogP contribution is 2.26. The van der Waals surface area contributed by atoms with E-state index in [1.54, 1.807) is 6.20 Å². The molecule has 2 rings (SSSR count). The monoisotopic (exact) mass is 235 g/mol. The second-order valence-electron chi connectivity index (χ2n) is 4.89. The van der Waals surface area contributed by atoms with Crippen molar-refractivity contribution in [3.05, 3.63) is 23.9 Å². The summed E-state index contributed by atoms with van der Waals surface area (Å²) < 4.78 is 5.90. The molecule has 94 valence electrons. The number of hydrazine groups is 1. The molecule has 0 saturated heterocycles. The summed E-state index contributed by atoms with van der Waals surface area (Å²) in [6.07, 6.45) is 7.20. The number of aromatic nitrogens is 1. The summed E-state index contributed by atoms with van der Waals surface area (Å²) in [5, 5.41) is 0. The minimum Gasteiger partial charge on any atom is -0.373 e.